The monoisotopic (exact) mass is 275 g/mol. The Balaban J connectivity index is 2.18. The molecule has 1 saturated heterocycles. The van der Waals surface area contributed by atoms with Gasteiger partial charge in [0.2, 0.25) is 0 Å². The number of pyridine rings is 1. The lowest BCUT2D eigenvalue weighted by molar-refractivity contribution is 0.483. The van der Waals surface area contributed by atoms with Gasteiger partial charge in [0.1, 0.15) is 5.15 Å². The van der Waals surface area contributed by atoms with Gasteiger partial charge in [0.25, 0.3) is 0 Å². The van der Waals surface area contributed by atoms with E-state index >= 15 is 0 Å². The summed E-state index contributed by atoms with van der Waals surface area (Å²) in [4.78, 5) is 6.52. The van der Waals surface area contributed by atoms with Gasteiger partial charge in [-0.05, 0) is 42.3 Å². The van der Waals surface area contributed by atoms with Gasteiger partial charge in [-0.1, -0.05) is 31.5 Å². The van der Waals surface area contributed by atoms with E-state index < -0.39 is 0 Å². The number of anilines is 1. The average molecular weight is 276 g/mol. The Hall–Kier alpha value is -1.28. The largest absolute Gasteiger partial charge is 0.368 e. The molecule has 0 N–H and O–H groups in total. The Morgan fingerprint density at radius 2 is 2.21 bits per heavy atom. The van der Waals surface area contributed by atoms with Crippen molar-refractivity contribution in [1.82, 2.24) is 4.98 Å². The lowest BCUT2D eigenvalue weighted by atomic mass is 9.94. The molecule has 3 heteroatoms. The average Bonchev–Trinajstić information content (AvgIpc) is 2.42. The minimum Gasteiger partial charge on any atom is -0.368 e. The van der Waals surface area contributed by atoms with Crippen molar-refractivity contribution in [3.8, 4) is 0 Å². The second-order valence-corrected chi connectivity index (χ2v) is 5.90. The first kappa shape index (κ1) is 11.5. The van der Waals surface area contributed by atoms with E-state index in [1.54, 1.807) is 0 Å². The van der Waals surface area contributed by atoms with E-state index in [0.717, 1.165) is 11.9 Å². The van der Waals surface area contributed by atoms with Gasteiger partial charge in [0.05, 0.1) is 0 Å². The maximum atomic E-state index is 7.87. The summed E-state index contributed by atoms with van der Waals surface area (Å²) < 4.78 is 7.87. The maximum absolute atomic E-state index is 7.87. The predicted octanol–water partition coefficient (Wildman–Crippen LogP) is 4.61. The molecule has 0 radical (unpaired) electrons. The van der Waals surface area contributed by atoms with E-state index in [2.05, 4.69) is 42.8 Å². The first-order valence-electron chi connectivity index (χ1n) is 7.34. The summed E-state index contributed by atoms with van der Waals surface area (Å²) in [7, 11) is 0. The van der Waals surface area contributed by atoms with E-state index in [1.807, 2.05) is 12.3 Å². The molecule has 2 nitrogen and oxygen atoms in total. The van der Waals surface area contributed by atoms with Crippen LogP contribution in [0.2, 0.25) is 5.15 Å². The zero-order valence-corrected chi connectivity index (χ0v) is 12.3. The highest BCUT2D eigenvalue weighted by Gasteiger charge is 2.25. The molecule has 0 saturated carbocycles. The molecule has 2 heterocycles. The lowest BCUT2D eigenvalue weighted by Gasteiger charge is -2.41. The van der Waals surface area contributed by atoms with Crippen LogP contribution in [-0.4, -0.2) is 17.6 Å². The van der Waals surface area contributed by atoms with E-state index in [9.17, 15) is 0 Å². The normalized spacial score (nSPS) is 23.6. The van der Waals surface area contributed by atoms with Crippen LogP contribution in [-0.2, 0) is 0 Å². The van der Waals surface area contributed by atoms with Gasteiger partial charge < -0.3 is 4.90 Å². The molecular weight excluding hydrogens is 256 g/mol. The summed E-state index contributed by atoms with van der Waals surface area (Å²) in [5.41, 5.74) is 2.47. The van der Waals surface area contributed by atoms with Crippen molar-refractivity contribution < 1.29 is 1.37 Å². The summed E-state index contributed by atoms with van der Waals surface area (Å²) in [6, 6.07) is 6.56. The third-order valence-corrected chi connectivity index (χ3v) is 4.15. The van der Waals surface area contributed by atoms with Crippen LogP contribution in [0.15, 0.2) is 24.4 Å². The Labute approximate surface area is 120 Å². The highest BCUT2D eigenvalue weighted by Crippen LogP contribution is 2.37. The van der Waals surface area contributed by atoms with Crippen molar-refractivity contribution >= 4 is 28.1 Å². The fraction of sp³-hybridized carbons (Fsp3) is 0.438. The van der Waals surface area contributed by atoms with Gasteiger partial charge in [0, 0.05) is 31.2 Å². The number of nitrogens with zero attached hydrogens (tertiary/aromatic N) is 2. The molecule has 100 valence electrons. The fourth-order valence-corrected chi connectivity index (χ4v) is 2.87. The maximum Gasteiger partial charge on any atom is 0.129 e. The second-order valence-electron chi connectivity index (χ2n) is 5.51. The van der Waals surface area contributed by atoms with Crippen LogP contribution in [0.3, 0.4) is 0 Å². The van der Waals surface area contributed by atoms with Crippen LogP contribution < -0.4 is 4.90 Å². The van der Waals surface area contributed by atoms with Crippen molar-refractivity contribution in [2.24, 2.45) is 0 Å². The highest BCUT2D eigenvalue weighted by atomic mass is 35.5. The summed E-state index contributed by atoms with van der Waals surface area (Å²) in [6.45, 7) is 7.27. The minimum atomic E-state index is 0.00934. The Kier molecular flexibility index (Phi) is 2.84. The van der Waals surface area contributed by atoms with E-state index in [4.69, 9.17) is 13.0 Å². The molecule has 0 aliphatic carbocycles. The van der Waals surface area contributed by atoms with Crippen molar-refractivity contribution in [3.05, 3.63) is 35.1 Å². The van der Waals surface area contributed by atoms with Crippen molar-refractivity contribution in [2.45, 2.75) is 39.1 Å². The van der Waals surface area contributed by atoms with Gasteiger partial charge in [-0.15, -0.1) is 0 Å². The zero-order chi connectivity index (χ0) is 14.4. The number of benzene rings is 1. The van der Waals surface area contributed by atoms with Crippen molar-refractivity contribution in [2.75, 3.05) is 11.4 Å². The summed E-state index contributed by atoms with van der Waals surface area (Å²) >= 11 is 6.07. The van der Waals surface area contributed by atoms with Crippen LogP contribution in [0.25, 0.3) is 10.8 Å². The molecule has 0 bridgehead atoms. The quantitative estimate of drug-likeness (QED) is 0.744. The molecular formula is C16H19ClN2. The van der Waals surface area contributed by atoms with Crippen LogP contribution in [0.5, 0.6) is 0 Å². The summed E-state index contributed by atoms with van der Waals surface area (Å²) in [6.07, 6.45) is 1.87. The van der Waals surface area contributed by atoms with Crippen LogP contribution in [0.4, 0.5) is 5.69 Å². The zero-order valence-electron chi connectivity index (χ0n) is 12.5. The van der Waals surface area contributed by atoms with Crippen LogP contribution in [0, 0.1) is 0 Å². The first-order valence-corrected chi connectivity index (χ1v) is 7.14. The van der Waals surface area contributed by atoms with Crippen molar-refractivity contribution in [1.29, 1.82) is 0 Å². The molecule has 19 heavy (non-hydrogen) atoms. The minimum absolute atomic E-state index is 0.00934. The molecule has 1 aromatic carbocycles. The number of aromatic nitrogens is 1. The number of rotatable bonds is 2. The van der Waals surface area contributed by atoms with E-state index in [1.165, 1.54) is 16.6 Å². The van der Waals surface area contributed by atoms with E-state index in [0.29, 0.717) is 11.1 Å². The third kappa shape index (κ3) is 2.08. The molecule has 1 aliphatic heterocycles. The van der Waals surface area contributed by atoms with Crippen molar-refractivity contribution in [3.63, 3.8) is 0 Å². The van der Waals surface area contributed by atoms with Gasteiger partial charge >= 0.3 is 0 Å². The van der Waals surface area contributed by atoms with Gasteiger partial charge in [0.15, 0.2) is 0 Å². The van der Waals surface area contributed by atoms with Crippen LogP contribution in [0.1, 0.15) is 40.0 Å². The number of fused-ring (bicyclic) bond motifs is 1. The number of halogens is 1. The Bertz CT molecular complexity index is 656. The fourth-order valence-electron chi connectivity index (χ4n) is 2.71. The Morgan fingerprint density at radius 1 is 1.42 bits per heavy atom. The standard InChI is InChI=1S/C16H19ClN2/c1-10(2)12-4-5-15(19-7-6-11(19)3)14-9-18-16(17)8-13(12)14/h4-5,8-11H,6-7H2,1-3H3/t11-/m1/s1/i6D/t6-,11+/m0. The molecule has 2 aromatic rings. The van der Waals surface area contributed by atoms with Gasteiger partial charge in [-0.3, -0.25) is 0 Å². The molecule has 1 fully saturated rings. The second kappa shape index (κ2) is 4.68. The third-order valence-electron chi connectivity index (χ3n) is 3.94. The first-order chi connectivity index (χ1) is 9.49. The molecule has 3 rings (SSSR count). The molecule has 1 aliphatic rings. The summed E-state index contributed by atoms with van der Waals surface area (Å²) in [5.74, 6) is 0.447. The topological polar surface area (TPSA) is 16.1 Å². The highest BCUT2D eigenvalue weighted by molar-refractivity contribution is 6.30. The predicted molar refractivity (Wildman–Crippen MR) is 82.3 cm³/mol. The molecule has 1 aromatic heterocycles. The SMILES string of the molecule is [2H][C@H]1CN(c2ccc(C(C)C)c3cc(Cl)ncc23)[C@@H]1C. The van der Waals surface area contributed by atoms with E-state index in [-0.39, 0.29) is 12.4 Å². The summed E-state index contributed by atoms with van der Waals surface area (Å²) in [5, 5.41) is 2.85. The van der Waals surface area contributed by atoms with Gasteiger partial charge in [-0.2, -0.15) is 0 Å². The number of hydrogen-bond donors (Lipinski definition) is 0. The molecule has 2 atom stereocenters. The molecule has 0 spiro atoms. The molecule has 0 amide bonds. The number of hydrogen-bond acceptors (Lipinski definition) is 2. The lowest BCUT2D eigenvalue weighted by Crippen LogP contribution is -2.45. The molecule has 0 unspecified atom stereocenters. The van der Waals surface area contributed by atoms with Gasteiger partial charge in [-0.25, -0.2) is 4.98 Å². The van der Waals surface area contributed by atoms with Crippen LogP contribution >= 0.6 is 11.6 Å². The Morgan fingerprint density at radius 3 is 2.84 bits per heavy atom. The smallest absolute Gasteiger partial charge is 0.129 e.